The number of pyridine rings is 1. The van der Waals surface area contributed by atoms with E-state index >= 15 is 0 Å². The van der Waals surface area contributed by atoms with Gasteiger partial charge in [-0.05, 0) is 68.3 Å². The summed E-state index contributed by atoms with van der Waals surface area (Å²) in [5.74, 6) is 0.962. The molecule has 2 aromatic rings. The highest BCUT2D eigenvalue weighted by Crippen LogP contribution is 2.23. The summed E-state index contributed by atoms with van der Waals surface area (Å²) in [7, 11) is 0. The Hall–Kier alpha value is -2.46. The Morgan fingerprint density at radius 2 is 1.89 bits per heavy atom. The minimum Gasteiger partial charge on any atom is -0.494 e. The van der Waals surface area contributed by atoms with Crippen LogP contribution in [-0.4, -0.2) is 41.9 Å². The Balaban J connectivity index is 1.58. The van der Waals surface area contributed by atoms with Crippen molar-refractivity contribution in [2.45, 2.75) is 39.0 Å². The normalized spacial score (nSPS) is 15.4. The predicted octanol–water partition coefficient (Wildman–Crippen LogP) is 4.86. The molecule has 4 heteroatoms. The van der Waals surface area contributed by atoms with E-state index in [0.29, 0.717) is 12.0 Å². The monoisotopic (exact) mass is 378 g/mol. The summed E-state index contributed by atoms with van der Waals surface area (Å²) in [6, 6.07) is 13.5. The summed E-state index contributed by atoms with van der Waals surface area (Å²) in [6.45, 7) is 6.17. The Labute approximate surface area is 168 Å². The molecule has 0 aliphatic carbocycles. The zero-order valence-corrected chi connectivity index (χ0v) is 16.8. The van der Waals surface area contributed by atoms with Crippen molar-refractivity contribution in [3.8, 4) is 5.75 Å². The molecule has 1 fully saturated rings. The van der Waals surface area contributed by atoms with Crippen LogP contribution in [0.2, 0.25) is 0 Å². The van der Waals surface area contributed by atoms with Crippen LogP contribution in [0.4, 0.5) is 0 Å². The number of hydrogen-bond donors (Lipinski definition) is 0. The van der Waals surface area contributed by atoms with Gasteiger partial charge in [-0.3, -0.25) is 9.78 Å². The molecule has 1 aromatic carbocycles. The summed E-state index contributed by atoms with van der Waals surface area (Å²) in [4.78, 5) is 19.3. The van der Waals surface area contributed by atoms with Gasteiger partial charge in [-0.2, -0.15) is 0 Å². The largest absolute Gasteiger partial charge is 0.494 e. The summed E-state index contributed by atoms with van der Waals surface area (Å²) >= 11 is 0. The van der Waals surface area contributed by atoms with Crippen LogP contribution in [0, 0.1) is 0 Å². The number of piperidine rings is 1. The predicted molar refractivity (Wildman–Crippen MR) is 114 cm³/mol. The standard InChI is InChI=1S/C24H30N2O2/c1-2-24(27)23(19-21-9-4-5-14-25-21)20-10-12-22(13-11-20)28-18-8-17-26-15-6-3-7-16-26/h4-5,9-14,19H,2-3,6-8,15-18H2,1H3. The zero-order valence-electron chi connectivity index (χ0n) is 16.8. The fourth-order valence-corrected chi connectivity index (χ4v) is 3.52. The Bertz CT molecular complexity index is 763. The molecule has 1 saturated heterocycles. The molecule has 1 aliphatic rings. The molecule has 0 N–H and O–H groups in total. The number of rotatable bonds is 9. The van der Waals surface area contributed by atoms with Crippen LogP contribution in [0.5, 0.6) is 5.75 Å². The second kappa shape index (κ2) is 10.8. The number of ketones is 1. The topological polar surface area (TPSA) is 42.4 Å². The van der Waals surface area contributed by atoms with E-state index in [-0.39, 0.29) is 5.78 Å². The van der Waals surface area contributed by atoms with Gasteiger partial charge in [0.15, 0.2) is 5.78 Å². The number of nitrogens with zero attached hydrogens (tertiary/aromatic N) is 2. The maximum absolute atomic E-state index is 12.4. The molecule has 148 valence electrons. The molecule has 0 unspecified atom stereocenters. The Kier molecular flexibility index (Phi) is 7.80. The van der Waals surface area contributed by atoms with Crippen molar-refractivity contribution in [1.29, 1.82) is 0 Å². The number of allylic oxidation sites excluding steroid dienone is 1. The van der Waals surface area contributed by atoms with Crippen LogP contribution >= 0.6 is 0 Å². The van der Waals surface area contributed by atoms with E-state index in [4.69, 9.17) is 4.74 Å². The van der Waals surface area contributed by atoms with Crippen LogP contribution in [0.1, 0.15) is 50.3 Å². The molecule has 1 aliphatic heterocycles. The van der Waals surface area contributed by atoms with Gasteiger partial charge in [-0.15, -0.1) is 0 Å². The zero-order chi connectivity index (χ0) is 19.6. The first kappa shape index (κ1) is 20.3. The quantitative estimate of drug-likeness (QED) is 0.462. The maximum atomic E-state index is 12.4. The fourth-order valence-electron chi connectivity index (χ4n) is 3.52. The third-order valence-corrected chi connectivity index (χ3v) is 5.10. The van der Waals surface area contributed by atoms with Crippen molar-refractivity contribution < 1.29 is 9.53 Å². The number of likely N-dealkylation sites (tertiary alicyclic amines) is 1. The lowest BCUT2D eigenvalue weighted by Crippen LogP contribution is -2.31. The third-order valence-electron chi connectivity index (χ3n) is 5.10. The first-order valence-electron chi connectivity index (χ1n) is 10.4. The van der Waals surface area contributed by atoms with Crippen LogP contribution < -0.4 is 4.74 Å². The maximum Gasteiger partial charge on any atom is 0.163 e. The van der Waals surface area contributed by atoms with E-state index in [1.165, 1.54) is 32.4 Å². The van der Waals surface area contributed by atoms with Gasteiger partial charge < -0.3 is 9.64 Å². The van der Waals surface area contributed by atoms with Crippen LogP contribution in [0.3, 0.4) is 0 Å². The summed E-state index contributed by atoms with van der Waals surface area (Å²) in [5.41, 5.74) is 2.38. The van der Waals surface area contributed by atoms with Crippen molar-refractivity contribution in [1.82, 2.24) is 9.88 Å². The fraction of sp³-hybridized carbons (Fsp3) is 0.417. The lowest BCUT2D eigenvalue weighted by Gasteiger charge is -2.26. The van der Waals surface area contributed by atoms with Gasteiger partial charge in [0.1, 0.15) is 5.75 Å². The SMILES string of the molecule is CCC(=O)C(=Cc1ccccn1)c1ccc(OCCCN2CCCCC2)cc1. The van der Waals surface area contributed by atoms with E-state index in [1.807, 2.05) is 55.5 Å². The van der Waals surface area contributed by atoms with Gasteiger partial charge in [-0.1, -0.05) is 31.5 Å². The van der Waals surface area contributed by atoms with E-state index in [1.54, 1.807) is 6.20 Å². The molecule has 0 bridgehead atoms. The molecule has 3 rings (SSSR count). The summed E-state index contributed by atoms with van der Waals surface area (Å²) < 4.78 is 5.89. The van der Waals surface area contributed by atoms with Gasteiger partial charge in [0.2, 0.25) is 0 Å². The molecule has 2 heterocycles. The number of carbonyl (C=O) groups is 1. The Morgan fingerprint density at radius 1 is 1.11 bits per heavy atom. The number of ether oxygens (including phenoxy) is 1. The second-order valence-corrected chi connectivity index (χ2v) is 7.22. The minimum absolute atomic E-state index is 0.112. The van der Waals surface area contributed by atoms with Gasteiger partial charge in [0.25, 0.3) is 0 Å². The van der Waals surface area contributed by atoms with E-state index in [9.17, 15) is 4.79 Å². The smallest absolute Gasteiger partial charge is 0.163 e. The second-order valence-electron chi connectivity index (χ2n) is 7.22. The molecule has 0 saturated carbocycles. The summed E-state index contributed by atoms with van der Waals surface area (Å²) in [6.07, 6.45) is 9.13. The van der Waals surface area contributed by atoms with E-state index < -0.39 is 0 Å². The number of hydrogen-bond acceptors (Lipinski definition) is 4. The highest BCUT2D eigenvalue weighted by Gasteiger charge is 2.11. The first-order valence-corrected chi connectivity index (χ1v) is 10.4. The molecule has 28 heavy (non-hydrogen) atoms. The van der Waals surface area contributed by atoms with E-state index in [2.05, 4.69) is 9.88 Å². The van der Waals surface area contributed by atoms with Gasteiger partial charge in [0, 0.05) is 24.7 Å². The van der Waals surface area contributed by atoms with Gasteiger partial charge >= 0.3 is 0 Å². The molecule has 0 radical (unpaired) electrons. The molecule has 0 amide bonds. The molecule has 4 nitrogen and oxygen atoms in total. The van der Waals surface area contributed by atoms with E-state index in [0.717, 1.165) is 36.6 Å². The highest BCUT2D eigenvalue weighted by atomic mass is 16.5. The van der Waals surface area contributed by atoms with Crippen molar-refractivity contribution in [2.24, 2.45) is 0 Å². The third kappa shape index (κ3) is 6.03. The van der Waals surface area contributed by atoms with Crippen LogP contribution in [0.25, 0.3) is 11.6 Å². The Morgan fingerprint density at radius 3 is 2.57 bits per heavy atom. The number of Topliss-reactive ketones (excluding diaryl/α,β-unsaturated/α-hetero) is 1. The average molecular weight is 379 g/mol. The molecule has 0 spiro atoms. The average Bonchev–Trinajstić information content (AvgIpc) is 2.76. The van der Waals surface area contributed by atoms with Crippen molar-refractivity contribution in [2.75, 3.05) is 26.2 Å². The lowest BCUT2D eigenvalue weighted by molar-refractivity contribution is -0.113. The number of benzene rings is 1. The highest BCUT2D eigenvalue weighted by molar-refractivity contribution is 6.25. The van der Waals surface area contributed by atoms with Gasteiger partial charge in [-0.25, -0.2) is 0 Å². The number of aromatic nitrogens is 1. The number of carbonyl (C=O) groups excluding carboxylic acids is 1. The van der Waals surface area contributed by atoms with Crippen LogP contribution in [0.15, 0.2) is 48.7 Å². The molecular weight excluding hydrogens is 348 g/mol. The van der Waals surface area contributed by atoms with Gasteiger partial charge in [0.05, 0.1) is 12.3 Å². The molecule has 0 atom stereocenters. The molecule has 1 aromatic heterocycles. The van der Waals surface area contributed by atoms with Crippen molar-refractivity contribution in [3.05, 3.63) is 59.9 Å². The van der Waals surface area contributed by atoms with Crippen LogP contribution in [-0.2, 0) is 4.79 Å². The first-order chi connectivity index (χ1) is 13.8. The summed E-state index contributed by atoms with van der Waals surface area (Å²) in [5, 5.41) is 0. The minimum atomic E-state index is 0.112. The molecular formula is C24H30N2O2. The lowest BCUT2D eigenvalue weighted by atomic mass is 9.99. The van der Waals surface area contributed by atoms with Crippen molar-refractivity contribution in [3.63, 3.8) is 0 Å². The van der Waals surface area contributed by atoms with Crippen molar-refractivity contribution >= 4 is 17.4 Å².